The maximum atomic E-state index is 13.4. The van der Waals surface area contributed by atoms with Crippen molar-refractivity contribution in [2.75, 3.05) is 0 Å². The molecule has 1 aromatic heterocycles. The van der Waals surface area contributed by atoms with E-state index in [0.717, 1.165) is 27.6 Å². The minimum absolute atomic E-state index is 0.0279. The summed E-state index contributed by atoms with van der Waals surface area (Å²) >= 11 is 0. The molecule has 0 radical (unpaired) electrons. The standard InChI is InChI=1S/C17H16FNO/c1-12-2-5-16(18)9-15(12)10-19-7-6-14-4-3-13(11-20)8-17(14)19/h2-9,20H,10-11H2,1H3. The number of fused-ring (bicyclic) bond motifs is 1. The summed E-state index contributed by atoms with van der Waals surface area (Å²) in [5.74, 6) is -0.210. The van der Waals surface area contributed by atoms with Gasteiger partial charge in [-0.1, -0.05) is 18.2 Å². The maximum Gasteiger partial charge on any atom is 0.123 e. The zero-order valence-electron chi connectivity index (χ0n) is 11.3. The largest absolute Gasteiger partial charge is 0.392 e. The van der Waals surface area contributed by atoms with Gasteiger partial charge in [-0.3, -0.25) is 0 Å². The minimum atomic E-state index is -0.210. The lowest BCUT2D eigenvalue weighted by atomic mass is 10.1. The molecule has 0 aliphatic heterocycles. The summed E-state index contributed by atoms with van der Waals surface area (Å²) in [5, 5.41) is 10.4. The van der Waals surface area contributed by atoms with E-state index in [0.29, 0.717) is 6.54 Å². The first-order valence-corrected chi connectivity index (χ1v) is 6.61. The topological polar surface area (TPSA) is 25.2 Å². The predicted octanol–water partition coefficient (Wildman–Crippen LogP) is 3.63. The second-order valence-corrected chi connectivity index (χ2v) is 5.07. The van der Waals surface area contributed by atoms with Crippen LogP contribution in [0.1, 0.15) is 16.7 Å². The zero-order valence-corrected chi connectivity index (χ0v) is 11.3. The van der Waals surface area contributed by atoms with Gasteiger partial charge in [0, 0.05) is 18.3 Å². The molecule has 0 aliphatic rings. The third kappa shape index (κ3) is 2.32. The molecule has 0 amide bonds. The molecule has 0 spiro atoms. The summed E-state index contributed by atoms with van der Waals surface area (Å²) < 4.78 is 15.4. The van der Waals surface area contributed by atoms with Crippen LogP contribution in [0.4, 0.5) is 4.39 Å². The van der Waals surface area contributed by atoms with Crippen molar-refractivity contribution in [2.24, 2.45) is 0 Å². The molecule has 1 heterocycles. The number of rotatable bonds is 3. The summed E-state index contributed by atoms with van der Waals surface area (Å²) in [5.41, 5.74) is 3.98. The lowest BCUT2D eigenvalue weighted by Gasteiger charge is -2.09. The summed E-state index contributed by atoms with van der Waals surface area (Å²) in [6.07, 6.45) is 2.00. The number of aliphatic hydroxyl groups is 1. The number of nitrogens with zero attached hydrogens (tertiary/aromatic N) is 1. The molecule has 1 N–H and O–H groups in total. The van der Waals surface area contributed by atoms with E-state index in [1.54, 1.807) is 12.1 Å². The Kier molecular flexibility index (Phi) is 3.28. The monoisotopic (exact) mass is 269 g/mol. The normalized spacial score (nSPS) is 11.2. The van der Waals surface area contributed by atoms with Crippen molar-refractivity contribution in [1.82, 2.24) is 4.57 Å². The van der Waals surface area contributed by atoms with Crippen molar-refractivity contribution in [3.8, 4) is 0 Å². The Morgan fingerprint density at radius 3 is 2.75 bits per heavy atom. The Hall–Kier alpha value is -2.13. The highest BCUT2D eigenvalue weighted by molar-refractivity contribution is 5.80. The smallest absolute Gasteiger partial charge is 0.123 e. The van der Waals surface area contributed by atoms with Gasteiger partial charge in [0.15, 0.2) is 0 Å². The van der Waals surface area contributed by atoms with Gasteiger partial charge in [-0.25, -0.2) is 4.39 Å². The van der Waals surface area contributed by atoms with Gasteiger partial charge in [-0.05, 0) is 53.3 Å². The fourth-order valence-electron chi connectivity index (χ4n) is 2.46. The highest BCUT2D eigenvalue weighted by Crippen LogP contribution is 2.20. The van der Waals surface area contributed by atoms with Crippen LogP contribution in [-0.2, 0) is 13.2 Å². The molecule has 0 saturated carbocycles. The third-order valence-corrected chi connectivity index (χ3v) is 3.67. The zero-order chi connectivity index (χ0) is 14.1. The average Bonchev–Trinajstić information content (AvgIpc) is 2.85. The first-order chi connectivity index (χ1) is 9.67. The van der Waals surface area contributed by atoms with E-state index in [9.17, 15) is 9.50 Å². The van der Waals surface area contributed by atoms with Crippen LogP contribution in [0.5, 0.6) is 0 Å². The van der Waals surface area contributed by atoms with Crippen LogP contribution in [0.3, 0.4) is 0 Å². The molecule has 0 unspecified atom stereocenters. The van der Waals surface area contributed by atoms with Crippen molar-refractivity contribution in [1.29, 1.82) is 0 Å². The molecule has 3 heteroatoms. The van der Waals surface area contributed by atoms with Gasteiger partial charge in [0.25, 0.3) is 0 Å². The van der Waals surface area contributed by atoms with Crippen molar-refractivity contribution in [2.45, 2.75) is 20.1 Å². The van der Waals surface area contributed by atoms with E-state index < -0.39 is 0 Å². The number of hydrogen-bond donors (Lipinski definition) is 1. The quantitative estimate of drug-likeness (QED) is 0.771. The van der Waals surface area contributed by atoms with Crippen LogP contribution >= 0.6 is 0 Å². The Bertz CT molecular complexity index is 761. The molecule has 0 saturated heterocycles. The fraction of sp³-hybridized carbons (Fsp3) is 0.176. The molecule has 3 aromatic rings. The highest BCUT2D eigenvalue weighted by Gasteiger charge is 2.06. The van der Waals surface area contributed by atoms with E-state index in [1.807, 2.05) is 37.4 Å². The molecule has 0 atom stereocenters. The molecule has 102 valence electrons. The molecule has 20 heavy (non-hydrogen) atoms. The number of benzene rings is 2. The SMILES string of the molecule is Cc1ccc(F)cc1Cn1ccc2ccc(CO)cc21. The number of halogens is 1. The van der Waals surface area contributed by atoms with Crippen LogP contribution in [0.25, 0.3) is 10.9 Å². The van der Waals surface area contributed by atoms with Crippen molar-refractivity contribution < 1.29 is 9.50 Å². The van der Waals surface area contributed by atoms with Gasteiger partial charge >= 0.3 is 0 Å². The molecule has 2 nitrogen and oxygen atoms in total. The van der Waals surface area contributed by atoms with Crippen LogP contribution in [0.2, 0.25) is 0 Å². The maximum absolute atomic E-state index is 13.4. The molecule has 3 rings (SSSR count). The van der Waals surface area contributed by atoms with Crippen molar-refractivity contribution >= 4 is 10.9 Å². The second kappa shape index (κ2) is 5.10. The summed E-state index contributed by atoms with van der Waals surface area (Å²) in [4.78, 5) is 0. The van der Waals surface area contributed by atoms with Gasteiger partial charge in [-0.2, -0.15) is 0 Å². The van der Waals surface area contributed by atoms with Crippen LogP contribution in [0, 0.1) is 12.7 Å². The van der Waals surface area contributed by atoms with Crippen molar-refractivity contribution in [3.05, 3.63) is 71.2 Å². The van der Waals surface area contributed by atoms with Gasteiger partial charge in [0.05, 0.1) is 6.61 Å². The third-order valence-electron chi connectivity index (χ3n) is 3.67. The molecule has 2 aromatic carbocycles. The summed E-state index contributed by atoms with van der Waals surface area (Å²) in [6.45, 7) is 2.64. The number of aromatic nitrogens is 1. The average molecular weight is 269 g/mol. The number of aryl methyl sites for hydroxylation is 1. The molecule has 0 fully saturated rings. The van der Waals surface area contributed by atoms with Gasteiger partial charge in [0.1, 0.15) is 5.82 Å². The van der Waals surface area contributed by atoms with Gasteiger partial charge in [0.2, 0.25) is 0 Å². The fourth-order valence-corrected chi connectivity index (χ4v) is 2.46. The number of hydrogen-bond acceptors (Lipinski definition) is 1. The molecule has 0 bridgehead atoms. The lowest BCUT2D eigenvalue weighted by molar-refractivity contribution is 0.282. The Balaban J connectivity index is 2.04. The van der Waals surface area contributed by atoms with E-state index in [-0.39, 0.29) is 12.4 Å². The van der Waals surface area contributed by atoms with E-state index in [2.05, 4.69) is 4.57 Å². The van der Waals surface area contributed by atoms with E-state index >= 15 is 0 Å². The van der Waals surface area contributed by atoms with E-state index in [1.165, 1.54) is 6.07 Å². The summed E-state index contributed by atoms with van der Waals surface area (Å²) in [7, 11) is 0. The Morgan fingerprint density at radius 1 is 1.10 bits per heavy atom. The van der Waals surface area contributed by atoms with Crippen LogP contribution < -0.4 is 0 Å². The van der Waals surface area contributed by atoms with Crippen LogP contribution in [-0.4, -0.2) is 9.67 Å². The lowest BCUT2D eigenvalue weighted by Crippen LogP contribution is -2.01. The highest BCUT2D eigenvalue weighted by atomic mass is 19.1. The van der Waals surface area contributed by atoms with Crippen LogP contribution in [0.15, 0.2) is 48.7 Å². The number of aliphatic hydroxyl groups excluding tert-OH is 1. The molecular weight excluding hydrogens is 253 g/mol. The van der Waals surface area contributed by atoms with E-state index in [4.69, 9.17) is 0 Å². The second-order valence-electron chi connectivity index (χ2n) is 5.07. The summed E-state index contributed by atoms with van der Waals surface area (Å²) in [6, 6.07) is 12.8. The minimum Gasteiger partial charge on any atom is -0.392 e. The van der Waals surface area contributed by atoms with Gasteiger partial charge < -0.3 is 9.67 Å². The van der Waals surface area contributed by atoms with Crippen molar-refractivity contribution in [3.63, 3.8) is 0 Å². The first-order valence-electron chi connectivity index (χ1n) is 6.61. The first kappa shape index (κ1) is 12.9. The molecule has 0 aliphatic carbocycles. The molecular formula is C17H16FNO. The Morgan fingerprint density at radius 2 is 1.95 bits per heavy atom. The van der Waals surface area contributed by atoms with Gasteiger partial charge in [-0.15, -0.1) is 0 Å². The Labute approximate surface area is 117 Å². The predicted molar refractivity (Wildman–Crippen MR) is 78.1 cm³/mol.